The summed E-state index contributed by atoms with van der Waals surface area (Å²) in [7, 11) is 0. The van der Waals surface area contributed by atoms with Crippen molar-refractivity contribution in [2.75, 3.05) is 39.3 Å². The van der Waals surface area contributed by atoms with Crippen LogP contribution >= 0.6 is 0 Å². The summed E-state index contributed by atoms with van der Waals surface area (Å²) in [5, 5.41) is 0. The fraction of sp³-hybridized carbons (Fsp3) is 0.647. The van der Waals surface area contributed by atoms with E-state index in [0.717, 1.165) is 13.0 Å². The molecule has 0 saturated carbocycles. The molecule has 0 aliphatic carbocycles. The fourth-order valence-electron chi connectivity index (χ4n) is 3.12. The molecule has 1 aliphatic rings. The van der Waals surface area contributed by atoms with Crippen molar-refractivity contribution in [2.24, 2.45) is 5.73 Å². The van der Waals surface area contributed by atoms with Gasteiger partial charge in [-0.2, -0.15) is 0 Å². The Morgan fingerprint density at radius 1 is 1.10 bits per heavy atom. The van der Waals surface area contributed by atoms with E-state index in [-0.39, 0.29) is 0 Å². The second-order valence-corrected chi connectivity index (χ2v) is 5.75. The van der Waals surface area contributed by atoms with E-state index >= 15 is 0 Å². The minimum atomic E-state index is 0.691. The Bertz CT molecular complexity index is 358. The summed E-state index contributed by atoms with van der Waals surface area (Å²) in [4.78, 5) is 5.23. The van der Waals surface area contributed by atoms with Crippen LogP contribution in [0, 0.1) is 0 Å². The van der Waals surface area contributed by atoms with Crippen LogP contribution < -0.4 is 5.73 Å². The van der Waals surface area contributed by atoms with E-state index in [1.807, 2.05) is 0 Å². The number of piperazine rings is 1. The van der Waals surface area contributed by atoms with Crippen LogP contribution in [0.5, 0.6) is 0 Å². The summed E-state index contributed by atoms with van der Waals surface area (Å²) in [6.45, 7) is 9.09. The van der Waals surface area contributed by atoms with Crippen LogP contribution in [0.15, 0.2) is 30.3 Å². The van der Waals surface area contributed by atoms with Gasteiger partial charge < -0.3 is 10.6 Å². The summed E-state index contributed by atoms with van der Waals surface area (Å²) < 4.78 is 0. The van der Waals surface area contributed by atoms with Gasteiger partial charge in [-0.15, -0.1) is 0 Å². The molecule has 2 N–H and O–H groups in total. The monoisotopic (exact) mass is 275 g/mol. The zero-order chi connectivity index (χ0) is 14.2. The number of nitrogens with two attached hydrogens (primary N) is 1. The van der Waals surface area contributed by atoms with Crippen molar-refractivity contribution in [3.05, 3.63) is 35.9 Å². The highest BCUT2D eigenvalue weighted by Crippen LogP contribution is 2.12. The van der Waals surface area contributed by atoms with Gasteiger partial charge in [0.05, 0.1) is 0 Å². The van der Waals surface area contributed by atoms with Crippen LogP contribution in [-0.4, -0.2) is 55.1 Å². The first-order valence-corrected chi connectivity index (χ1v) is 8.04. The molecule has 2 rings (SSSR count). The molecule has 20 heavy (non-hydrogen) atoms. The highest BCUT2D eigenvalue weighted by atomic mass is 15.3. The van der Waals surface area contributed by atoms with Gasteiger partial charge in [-0.1, -0.05) is 37.3 Å². The first-order valence-electron chi connectivity index (χ1n) is 8.04. The molecule has 3 heteroatoms. The van der Waals surface area contributed by atoms with Crippen molar-refractivity contribution >= 4 is 0 Å². The molecule has 0 spiro atoms. The molecule has 1 heterocycles. The molecule has 1 unspecified atom stereocenters. The van der Waals surface area contributed by atoms with Gasteiger partial charge in [0.15, 0.2) is 0 Å². The second kappa shape index (κ2) is 8.40. The summed E-state index contributed by atoms with van der Waals surface area (Å²) in [5.74, 6) is 0. The Hall–Kier alpha value is -0.900. The van der Waals surface area contributed by atoms with Gasteiger partial charge in [0.25, 0.3) is 0 Å². The minimum Gasteiger partial charge on any atom is -0.330 e. The number of benzene rings is 1. The Morgan fingerprint density at radius 3 is 2.40 bits per heavy atom. The van der Waals surface area contributed by atoms with Crippen LogP contribution in [0.1, 0.15) is 25.3 Å². The summed E-state index contributed by atoms with van der Waals surface area (Å²) in [6.07, 6.45) is 3.53. The molecule has 1 atom stereocenters. The lowest BCUT2D eigenvalue weighted by Crippen LogP contribution is -2.50. The molecule has 0 aromatic heterocycles. The normalized spacial score (nSPS) is 19.1. The maximum absolute atomic E-state index is 5.71. The summed E-state index contributed by atoms with van der Waals surface area (Å²) >= 11 is 0. The van der Waals surface area contributed by atoms with E-state index in [9.17, 15) is 0 Å². The third kappa shape index (κ3) is 4.58. The second-order valence-electron chi connectivity index (χ2n) is 5.75. The maximum atomic E-state index is 5.71. The van der Waals surface area contributed by atoms with Crippen LogP contribution in [0.2, 0.25) is 0 Å². The molecule has 0 radical (unpaired) electrons. The standard InChI is InChI=1S/C17H29N3/c1-2-17(8-10-18)20-14-12-19(13-15-20)11-9-16-6-4-3-5-7-16/h3-7,17H,2,8-15,18H2,1H3. The minimum absolute atomic E-state index is 0.691. The Balaban J connectivity index is 1.71. The molecule has 1 saturated heterocycles. The van der Waals surface area contributed by atoms with Crippen LogP contribution in [0.25, 0.3) is 0 Å². The van der Waals surface area contributed by atoms with Crippen LogP contribution in [0.4, 0.5) is 0 Å². The molecule has 0 amide bonds. The number of rotatable bonds is 7. The van der Waals surface area contributed by atoms with Gasteiger partial charge >= 0.3 is 0 Å². The van der Waals surface area contributed by atoms with E-state index in [1.54, 1.807) is 0 Å². The lowest BCUT2D eigenvalue weighted by atomic mass is 10.1. The van der Waals surface area contributed by atoms with E-state index in [0.29, 0.717) is 6.04 Å². The fourth-order valence-corrected chi connectivity index (χ4v) is 3.12. The molecule has 3 nitrogen and oxygen atoms in total. The zero-order valence-corrected chi connectivity index (χ0v) is 12.8. The lowest BCUT2D eigenvalue weighted by Gasteiger charge is -2.39. The van der Waals surface area contributed by atoms with Gasteiger partial charge in [0.1, 0.15) is 0 Å². The van der Waals surface area contributed by atoms with Crippen molar-refractivity contribution in [1.29, 1.82) is 0 Å². The van der Waals surface area contributed by atoms with Gasteiger partial charge in [-0.05, 0) is 31.4 Å². The quantitative estimate of drug-likeness (QED) is 0.826. The van der Waals surface area contributed by atoms with Gasteiger partial charge in [-0.25, -0.2) is 0 Å². The topological polar surface area (TPSA) is 32.5 Å². The molecule has 1 aromatic rings. The molecule has 1 aliphatic heterocycles. The lowest BCUT2D eigenvalue weighted by molar-refractivity contribution is 0.0917. The predicted molar refractivity (Wildman–Crippen MR) is 85.9 cm³/mol. The van der Waals surface area contributed by atoms with Crippen LogP contribution in [-0.2, 0) is 6.42 Å². The number of hydrogen-bond donors (Lipinski definition) is 1. The molecular formula is C17H29N3. The van der Waals surface area contributed by atoms with Gasteiger partial charge in [-0.3, -0.25) is 4.90 Å². The van der Waals surface area contributed by atoms with E-state index < -0.39 is 0 Å². The molecule has 1 fully saturated rings. The molecule has 0 bridgehead atoms. The predicted octanol–water partition coefficient (Wildman–Crippen LogP) is 1.97. The van der Waals surface area contributed by atoms with Gasteiger partial charge in [0, 0.05) is 38.8 Å². The third-order valence-electron chi connectivity index (χ3n) is 4.45. The highest BCUT2D eigenvalue weighted by molar-refractivity contribution is 5.14. The third-order valence-corrected chi connectivity index (χ3v) is 4.45. The molecular weight excluding hydrogens is 246 g/mol. The number of nitrogens with zero attached hydrogens (tertiary/aromatic N) is 2. The van der Waals surface area contributed by atoms with Crippen molar-refractivity contribution in [2.45, 2.75) is 32.2 Å². The SMILES string of the molecule is CCC(CCN)N1CCN(CCc2ccccc2)CC1. The van der Waals surface area contributed by atoms with Crippen molar-refractivity contribution < 1.29 is 0 Å². The Morgan fingerprint density at radius 2 is 1.80 bits per heavy atom. The first-order chi connectivity index (χ1) is 9.83. The smallest absolute Gasteiger partial charge is 0.0113 e. The largest absolute Gasteiger partial charge is 0.330 e. The van der Waals surface area contributed by atoms with Crippen molar-refractivity contribution in [3.63, 3.8) is 0 Å². The van der Waals surface area contributed by atoms with E-state index in [1.165, 1.54) is 51.1 Å². The first kappa shape index (κ1) is 15.5. The van der Waals surface area contributed by atoms with Gasteiger partial charge in [0.2, 0.25) is 0 Å². The molecule has 1 aromatic carbocycles. The van der Waals surface area contributed by atoms with Crippen molar-refractivity contribution in [1.82, 2.24) is 9.80 Å². The highest BCUT2D eigenvalue weighted by Gasteiger charge is 2.21. The Labute approximate surface area is 123 Å². The molecule has 112 valence electrons. The Kier molecular flexibility index (Phi) is 6.51. The zero-order valence-electron chi connectivity index (χ0n) is 12.8. The maximum Gasteiger partial charge on any atom is 0.0113 e. The number of hydrogen-bond acceptors (Lipinski definition) is 3. The van der Waals surface area contributed by atoms with Crippen LogP contribution in [0.3, 0.4) is 0 Å². The summed E-state index contributed by atoms with van der Waals surface area (Å²) in [5.41, 5.74) is 7.16. The average molecular weight is 275 g/mol. The van der Waals surface area contributed by atoms with Crippen molar-refractivity contribution in [3.8, 4) is 0 Å². The van der Waals surface area contributed by atoms with E-state index in [4.69, 9.17) is 5.73 Å². The average Bonchev–Trinajstić information content (AvgIpc) is 2.52. The van der Waals surface area contributed by atoms with E-state index in [2.05, 4.69) is 47.1 Å². The summed E-state index contributed by atoms with van der Waals surface area (Å²) in [6, 6.07) is 11.5.